The van der Waals surface area contributed by atoms with E-state index in [1.165, 1.54) is 0 Å². The zero-order valence-electron chi connectivity index (χ0n) is 11.5. The van der Waals surface area contributed by atoms with Crippen LogP contribution in [0, 0.1) is 5.92 Å². The minimum absolute atomic E-state index is 0.0634. The molecule has 0 aromatic heterocycles. The summed E-state index contributed by atoms with van der Waals surface area (Å²) in [6, 6.07) is 17.6. The van der Waals surface area contributed by atoms with Gasteiger partial charge in [0.15, 0.2) is 0 Å². The molecular weight excluding hydrogens is 264 g/mol. The Hall–Kier alpha value is -2.62. The molecule has 1 aliphatic heterocycles. The second-order valence-electron chi connectivity index (χ2n) is 5.11. The lowest BCUT2D eigenvalue weighted by atomic mass is 10.0. The Labute approximate surface area is 123 Å². The number of carbonyl (C=O) groups is 2. The molecule has 2 aromatic carbocycles. The van der Waals surface area contributed by atoms with Gasteiger partial charge in [-0.1, -0.05) is 48.5 Å². The Morgan fingerprint density at radius 2 is 1.76 bits per heavy atom. The molecule has 0 spiro atoms. The lowest BCUT2D eigenvalue weighted by molar-refractivity contribution is -0.123. The van der Waals surface area contributed by atoms with Crippen LogP contribution < -0.4 is 10.6 Å². The standard InChI is InChI=1S/C17H16N2O2/c20-16-10-13(11-18-16)17(21)19-15-9-5-4-8-14(15)12-6-2-1-3-7-12/h1-9,13H,10-11H2,(H,18,20)(H,19,21). The van der Waals surface area contributed by atoms with Gasteiger partial charge < -0.3 is 10.6 Å². The maximum atomic E-state index is 12.2. The van der Waals surface area contributed by atoms with E-state index in [9.17, 15) is 9.59 Å². The Bertz CT molecular complexity index is 668. The number of rotatable bonds is 3. The molecule has 3 rings (SSSR count). The molecule has 1 heterocycles. The molecule has 106 valence electrons. The van der Waals surface area contributed by atoms with Gasteiger partial charge in [0.1, 0.15) is 0 Å². The minimum Gasteiger partial charge on any atom is -0.355 e. The predicted octanol–water partition coefficient (Wildman–Crippen LogP) is 2.43. The Kier molecular flexibility index (Phi) is 3.69. The number of benzene rings is 2. The first-order valence-electron chi connectivity index (χ1n) is 6.96. The molecule has 1 unspecified atom stereocenters. The van der Waals surface area contributed by atoms with Crippen LogP contribution in [0.3, 0.4) is 0 Å². The van der Waals surface area contributed by atoms with Crippen LogP contribution >= 0.6 is 0 Å². The summed E-state index contributed by atoms with van der Waals surface area (Å²) in [4.78, 5) is 23.4. The molecule has 0 bridgehead atoms. The van der Waals surface area contributed by atoms with Gasteiger partial charge in [0.2, 0.25) is 11.8 Å². The molecule has 1 saturated heterocycles. The average molecular weight is 280 g/mol. The van der Waals surface area contributed by atoms with E-state index in [1.807, 2.05) is 54.6 Å². The minimum atomic E-state index is -0.290. The molecule has 1 fully saturated rings. The molecule has 2 aromatic rings. The summed E-state index contributed by atoms with van der Waals surface area (Å²) >= 11 is 0. The van der Waals surface area contributed by atoms with Crippen molar-refractivity contribution in [3.05, 3.63) is 54.6 Å². The third-order valence-corrected chi connectivity index (χ3v) is 3.62. The quantitative estimate of drug-likeness (QED) is 0.907. The van der Waals surface area contributed by atoms with E-state index in [0.717, 1.165) is 16.8 Å². The summed E-state index contributed by atoms with van der Waals surface area (Å²) in [5.41, 5.74) is 2.80. The smallest absolute Gasteiger partial charge is 0.229 e. The maximum Gasteiger partial charge on any atom is 0.229 e. The van der Waals surface area contributed by atoms with E-state index in [1.54, 1.807) is 0 Å². The first-order valence-corrected chi connectivity index (χ1v) is 6.96. The molecule has 0 saturated carbocycles. The Morgan fingerprint density at radius 3 is 2.48 bits per heavy atom. The van der Waals surface area contributed by atoms with Gasteiger partial charge in [0.25, 0.3) is 0 Å². The number of hydrogen-bond donors (Lipinski definition) is 2. The monoisotopic (exact) mass is 280 g/mol. The van der Waals surface area contributed by atoms with Crippen molar-refractivity contribution >= 4 is 17.5 Å². The number of para-hydroxylation sites is 1. The Morgan fingerprint density at radius 1 is 1.05 bits per heavy atom. The highest BCUT2D eigenvalue weighted by atomic mass is 16.2. The number of amides is 2. The van der Waals surface area contributed by atoms with Crippen molar-refractivity contribution in [2.45, 2.75) is 6.42 Å². The Balaban J connectivity index is 1.83. The molecule has 4 nitrogen and oxygen atoms in total. The van der Waals surface area contributed by atoms with Gasteiger partial charge >= 0.3 is 0 Å². The SMILES string of the molecule is O=C1CC(C(=O)Nc2ccccc2-c2ccccc2)CN1. The first-order chi connectivity index (χ1) is 10.2. The van der Waals surface area contributed by atoms with Crippen LogP contribution in [0.5, 0.6) is 0 Å². The topological polar surface area (TPSA) is 58.2 Å². The van der Waals surface area contributed by atoms with E-state index in [-0.39, 0.29) is 24.2 Å². The van der Waals surface area contributed by atoms with Gasteiger partial charge in [-0.15, -0.1) is 0 Å². The summed E-state index contributed by atoms with van der Waals surface area (Å²) in [5.74, 6) is -0.468. The molecule has 0 radical (unpaired) electrons. The second-order valence-corrected chi connectivity index (χ2v) is 5.11. The highest BCUT2D eigenvalue weighted by molar-refractivity contribution is 5.99. The van der Waals surface area contributed by atoms with Crippen LogP contribution in [-0.2, 0) is 9.59 Å². The van der Waals surface area contributed by atoms with Gasteiger partial charge in [-0.05, 0) is 11.6 Å². The largest absolute Gasteiger partial charge is 0.355 e. The van der Waals surface area contributed by atoms with Crippen molar-refractivity contribution in [1.82, 2.24) is 5.32 Å². The fraction of sp³-hybridized carbons (Fsp3) is 0.176. The summed E-state index contributed by atoms with van der Waals surface area (Å²) in [6.07, 6.45) is 0.263. The predicted molar refractivity (Wildman–Crippen MR) is 81.6 cm³/mol. The fourth-order valence-electron chi connectivity index (χ4n) is 2.49. The molecule has 1 atom stereocenters. The van der Waals surface area contributed by atoms with E-state index in [0.29, 0.717) is 6.54 Å². The molecule has 2 N–H and O–H groups in total. The van der Waals surface area contributed by atoms with Crippen LogP contribution in [0.15, 0.2) is 54.6 Å². The average Bonchev–Trinajstić information content (AvgIpc) is 2.95. The van der Waals surface area contributed by atoms with Gasteiger partial charge in [-0.2, -0.15) is 0 Å². The van der Waals surface area contributed by atoms with Crippen molar-refractivity contribution < 1.29 is 9.59 Å². The van der Waals surface area contributed by atoms with E-state index in [2.05, 4.69) is 10.6 Å². The lowest BCUT2D eigenvalue weighted by Crippen LogP contribution is -2.24. The van der Waals surface area contributed by atoms with Crippen molar-refractivity contribution in [3.63, 3.8) is 0 Å². The third-order valence-electron chi connectivity index (χ3n) is 3.62. The van der Waals surface area contributed by atoms with Crippen LogP contribution in [-0.4, -0.2) is 18.4 Å². The van der Waals surface area contributed by atoms with Crippen LogP contribution in [0.25, 0.3) is 11.1 Å². The van der Waals surface area contributed by atoms with Crippen molar-refractivity contribution in [3.8, 4) is 11.1 Å². The summed E-state index contributed by atoms with van der Waals surface area (Å²) in [6.45, 7) is 0.415. The van der Waals surface area contributed by atoms with E-state index < -0.39 is 0 Å². The molecule has 4 heteroatoms. The highest BCUT2D eigenvalue weighted by Crippen LogP contribution is 2.28. The molecule has 1 aliphatic rings. The van der Waals surface area contributed by atoms with Gasteiger partial charge in [-0.3, -0.25) is 9.59 Å². The molecular formula is C17H16N2O2. The molecule has 21 heavy (non-hydrogen) atoms. The number of carbonyl (C=O) groups excluding carboxylic acids is 2. The van der Waals surface area contributed by atoms with Crippen LogP contribution in [0.1, 0.15) is 6.42 Å². The van der Waals surface area contributed by atoms with Crippen molar-refractivity contribution in [2.24, 2.45) is 5.92 Å². The fourth-order valence-corrected chi connectivity index (χ4v) is 2.49. The molecule has 2 amide bonds. The lowest BCUT2D eigenvalue weighted by Gasteiger charge is -2.13. The molecule has 0 aliphatic carbocycles. The first kappa shape index (κ1) is 13.4. The van der Waals surface area contributed by atoms with Crippen molar-refractivity contribution in [2.75, 3.05) is 11.9 Å². The van der Waals surface area contributed by atoms with E-state index >= 15 is 0 Å². The summed E-state index contributed by atoms with van der Waals surface area (Å²) in [7, 11) is 0. The van der Waals surface area contributed by atoms with E-state index in [4.69, 9.17) is 0 Å². The zero-order valence-corrected chi connectivity index (χ0v) is 11.5. The van der Waals surface area contributed by atoms with Crippen molar-refractivity contribution in [1.29, 1.82) is 0 Å². The normalized spacial score (nSPS) is 17.3. The van der Waals surface area contributed by atoms with Crippen LogP contribution in [0.4, 0.5) is 5.69 Å². The second kappa shape index (κ2) is 5.79. The van der Waals surface area contributed by atoms with Gasteiger partial charge in [-0.25, -0.2) is 0 Å². The summed E-state index contributed by atoms with van der Waals surface area (Å²) < 4.78 is 0. The van der Waals surface area contributed by atoms with Gasteiger partial charge in [0.05, 0.1) is 5.92 Å². The number of nitrogens with one attached hydrogen (secondary N) is 2. The third kappa shape index (κ3) is 2.94. The maximum absolute atomic E-state index is 12.2. The summed E-state index contributed by atoms with van der Waals surface area (Å²) in [5, 5.41) is 5.62. The highest BCUT2D eigenvalue weighted by Gasteiger charge is 2.28. The number of hydrogen-bond acceptors (Lipinski definition) is 2. The van der Waals surface area contributed by atoms with Gasteiger partial charge in [0, 0.05) is 24.2 Å². The number of anilines is 1. The zero-order chi connectivity index (χ0) is 14.7. The van der Waals surface area contributed by atoms with Crippen LogP contribution in [0.2, 0.25) is 0 Å².